The number of nitrogens with one attached hydrogen (secondary N) is 2. The first-order chi connectivity index (χ1) is 11.1. The predicted molar refractivity (Wildman–Crippen MR) is 83.3 cm³/mol. The van der Waals surface area contributed by atoms with Crippen molar-refractivity contribution in [2.24, 2.45) is 0 Å². The minimum atomic E-state index is -0.529. The van der Waals surface area contributed by atoms with Crippen molar-refractivity contribution in [3.05, 3.63) is 58.0 Å². The molecule has 1 heterocycles. The zero-order valence-corrected chi connectivity index (χ0v) is 12.6. The van der Waals surface area contributed by atoms with E-state index in [4.69, 9.17) is 9.15 Å². The highest BCUT2D eigenvalue weighted by molar-refractivity contribution is 5.95. The Morgan fingerprint density at radius 3 is 2.87 bits per heavy atom. The lowest BCUT2D eigenvalue weighted by Gasteiger charge is -2.08. The summed E-state index contributed by atoms with van der Waals surface area (Å²) in [5.41, 5.74) is 0.391. The summed E-state index contributed by atoms with van der Waals surface area (Å²) < 4.78 is 10.00. The molecular formula is C15H17N3O5. The average molecular weight is 319 g/mol. The second kappa shape index (κ2) is 7.95. The first kappa shape index (κ1) is 16.5. The number of furan rings is 1. The molecule has 0 atom stereocenters. The van der Waals surface area contributed by atoms with Crippen LogP contribution in [-0.4, -0.2) is 31.1 Å². The zero-order valence-electron chi connectivity index (χ0n) is 12.6. The number of nitro groups is 1. The second-order valence-corrected chi connectivity index (χ2v) is 4.67. The third-order valence-corrected chi connectivity index (χ3v) is 3.08. The monoisotopic (exact) mass is 319 g/mol. The molecule has 23 heavy (non-hydrogen) atoms. The molecule has 0 aliphatic heterocycles. The van der Waals surface area contributed by atoms with E-state index in [0.29, 0.717) is 24.6 Å². The van der Waals surface area contributed by atoms with E-state index in [1.54, 1.807) is 19.2 Å². The summed E-state index contributed by atoms with van der Waals surface area (Å²) in [4.78, 5) is 22.7. The Labute approximate surface area is 132 Å². The van der Waals surface area contributed by atoms with Gasteiger partial charge in [0, 0.05) is 25.3 Å². The van der Waals surface area contributed by atoms with Gasteiger partial charge in [-0.15, -0.1) is 0 Å². The van der Waals surface area contributed by atoms with Gasteiger partial charge in [0.2, 0.25) is 0 Å². The van der Waals surface area contributed by atoms with Crippen molar-refractivity contribution in [1.82, 2.24) is 5.32 Å². The number of ether oxygens (including phenoxy) is 1. The van der Waals surface area contributed by atoms with Crippen molar-refractivity contribution >= 4 is 17.3 Å². The molecule has 1 aromatic carbocycles. The van der Waals surface area contributed by atoms with Gasteiger partial charge in [0.25, 0.3) is 11.6 Å². The number of methoxy groups -OCH3 is 1. The van der Waals surface area contributed by atoms with E-state index < -0.39 is 10.8 Å². The lowest BCUT2D eigenvalue weighted by Crippen LogP contribution is -2.22. The summed E-state index contributed by atoms with van der Waals surface area (Å²) in [6.45, 7) is 1.07. The lowest BCUT2D eigenvalue weighted by atomic mass is 10.1. The average Bonchev–Trinajstić information content (AvgIpc) is 3.06. The van der Waals surface area contributed by atoms with Gasteiger partial charge in [-0.1, -0.05) is 0 Å². The van der Waals surface area contributed by atoms with Crippen LogP contribution in [0.1, 0.15) is 16.1 Å². The SMILES string of the molecule is COCCNc1ccc(C(=O)NCc2ccco2)cc1[N+](=O)[O-]. The summed E-state index contributed by atoms with van der Waals surface area (Å²) in [5, 5.41) is 16.7. The number of rotatable bonds is 8. The van der Waals surface area contributed by atoms with E-state index >= 15 is 0 Å². The molecular weight excluding hydrogens is 302 g/mol. The second-order valence-electron chi connectivity index (χ2n) is 4.67. The minimum Gasteiger partial charge on any atom is -0.467 e. The van der Waals surface area contributed by atoms with Crippen LogP contribution in [0.5, 0.6) is 0 Å². The molecule has 0 spiro atoms. The molecule has 8 heteroatoms. The van der Waals surface area contributed by atoms with E-state index in [1.807, 2.05) is 0 Å². The van der Waals surface area contributed by atoms with Gasteiger partial charge in [0.05, 0.1) is 24.3 Å². The minimum absolute atomic E-state index is 0.160. The Kier molecular flexibility index (Phi) is 5.70. The molecule has 0 unspecified atom stereocenters. The first-order valence-corrected chi connectivity index (χ1v) is 6.93. The maximum absolute atomic E-state index is 12.1. The number of hydrogen-bond acceptors (Lipinski definition) is 6. The maximum atomic E-state index is 12.1. The number of anilines is 1. The number of amides is 1. The van der Waals surface area contributed by atoms with Crippen molar-refractivity contribution in [2.75, 3.05) is 25.6 Å². The highest BCUT2D eigenvalue weighted by Crippen LogP contribution is 2.25. The largest absolute Gasteiger partial charge is 0.467 e. The van der Waals surface area contributed by atoms with Gasteiger partial charge >= 0.3 is 0 Å². The van der Waals surface area contributed by atoms with Gasteiger partial charge in [-0.2, -0.15) is 0 Å². The van der Waals surface area contributed by atoms with Crippen molar-refractivity contribution in [3.63, 3.8) is 0 Å². The van der Waals surface area contributed by atoms with E-state index in [1.165, 1.54) is 24.5 Å². The molecule has 0 saturated heterocycles. The molecule has 0 aliphatic rings. The van der Waals surface area contributed by atoms with Crippen LogP contribution in [0.25, 0.3) is 0 Å². The van der Waals surface area contributed by atoms with E-state index in [-0.39, 0.29) is 17.8 Å². The Balaban J connectivity index is 2.08. The highest BCUT2D eigenvalue weighted by atomic mass is 16.6. The third kappa shape index (κ3) is 4.55. The van der Waals surface area contributed by atoms with Crippen molar-refractivity contribution in [3.8, 4) is 0 Å². The first-order valence-electron chi connectivity index (χ1n) is 6.93. The van der Waals surface area contributed by atoms with Gasteiger partial charge in [-0.05, 0) is 24.3 Å². The fraction of sp³-hybridized carbons (Fsp3) is 0.267. The van der Waals surface area contributed by atoms with E-state index in [9.17, 15) is 14.9 Å². The molecule has 8 nitrogen and oxygen atoms in total. The molecule has 0 bridgehead atoms. The normalized spacial score (nSPS) is 10.3. The molecule has 0 saturated carbocycles. The van der Waals surface area contributed by atoms with Crippen LogP contribution in [0.3, 0.4) is 0 Å². The van der Waals surface area contributed by atoms with Crippen LogP contribution < -0.4 is 10.6 Å². The smallest absolute Gasteiger partial charge is 0.293 e. The quantitative estimate of drug-likeness (QED) is 0.439. The van der Waals surface area contributed by atoms with Gasteiger partial charge < -0.3 is 19.8 Å². The number of carbonyl (C=O) groups excluding carboxylic acids is 1. The Morgan fingerprint density at radius 2 is 2.22 bits per heavy atom. The number of carbonyl (C=O) groups is 1. The summed E-state index contributed by atoms with van der Waals surface area (Å²) in [6, 6.07) is 7.72. The molecule has 122 valence electrons. The molecule has 2 rings (SSSR count). The van der Waals surface area contributed by atoms with E-state index in [0.717, 1.165) is 0 Å². The van der Waals surface area contributed by atoms with Crippen LogP contribution in [0.4, 0.5) is 11.4 Å². The number of nitrogens with zero attached hydrogens (tertiary/aromatic N) is 1. The maximum Gasteiger partial charge on any atom is 0.293 e. The topological polar surface area (TPSA) is 107 Å². The van der Waals surface area contributed by atoms with Crippen LogP contribution in [-0.2, 0) is 11.3 Å². The molecule has 0 radical (unpaired) electrons. The predicted octanol–water partition coefficient (Wildman–Crippen LogP) is 2.18. The van der Waals surface area contributed by atoms with Crippen molar-refractivity contribution in [1.29, 1.82) is 0 Å². The molecule has 1 aromatic heterocycles. The molecule has 2 aromatic rings. The summed E-state index contributed by atoms with van der Waals surface area (Å²) in [6.07, 6.45) is 1.51. The summed E-state index contributed by atoms with van der Waals surface area (Å²) in [5.74, 6) is 0.193. The highest BCUT2D eigenvalue weighted by Gasteiger charge is 2.17. The standard InChI is InChI=1S/C15H17N3O5/c1-22-8-6-16-13-5-4-11(9-14(13)18(20)21)15(19)17-10-12-3-2-7-23-12/h2-5,7,9,16H,6,8,10H2,1H3,(H,17,19). The number of hydrogen-bond donors (Lipinski definition) is 2. The lowest BCUT2D eigenvalue weighted by molar-refractivity contribution is -0.384. The zero-order chi connectivity index (χ0) is 16.7. The van der Waals surface area contributed by atoms with Gasteiger partial charge in [-0.25, -0.2) is 0 Å². The summed E-state index contributed by atoms with van der Waals surface area (Å²) in [7, 11) is 1.54. The van der Waals surface area contributed by atoms with Crippen LogP contribution >= 0.6 is 0 Å². The Hall–Kier alpha value is -2.87. The van der Waals surface area contributed by atoms with Gasteiger partial charge in [-0.3, -0.25) is 14.9 Å². The van der Waals surface area contributed by atoms with Crippen LogP contribution in [0.15, 0.2) is 41.0 Å². The van der Waals surface area contributed by atoms with Crippen molar-refractivity contribution < 1.29 is 18.9 Å². The van der Waals surface area contributed by atoms with E-state index in [2.05, 4.69) is 10.6 Å². The molecule has 2 N–H and O–H groups in total. The third-order valence-electron chi connectivity index (χ3n) is 3.08. The fourth-order valence-electron chi connectivity index (χ4n) is 1.94. The molecule has 0 aliphatic carbocycles. The molecule has 0 fully saturated rings. The van der Waals surface area contributed by atoms with Gasteiger partial charge in [0.15, 0.2) is 0 Å². The Bertz CT molecular complexity index is 670. The summed E-state index contributed by atoms with van der Waals surface area (Å²) >= 11 is 0. The van der Waals surface area contributed by atoms with Gasteiger partial charge in [0.1, 0.15) is 11.4 Å². The van der Waals surface area contributed by atoms with Crippen LogP contribution in [0, 0.1) is 10.1 Å². The van der Waals surface area contributed by atoms with Crippen molar-refractivity contribution in [2.45, 2.75) is 6.54 Å². The number of nitro benzene ring substituents is 1. The molecule has 1 amide bonds. The fourth-order valence-corrected chi connectivity index (χ4v) is 1.94. The Morgan fingerprint density at radius 1 is 1.39 bits per heavy atom. The number of benzene rings is 1. The van der Waals surface area contributed by atoms with Crippen LogP contribution in [0.2, 0.25) is 0 Å².